The van der Waals surface area contributed by atoms with Crippen LogP contribution < -0.4 is 11.0 Å². The third-order valence-corrected chi connectivity index (χ3v) is 3.19. The van der Waals surface area contributed by atoms with Crippen molar-refractivity contribution >= 4 is 5.91 Å². The summed E-state index contributed by atoms with van der Waals surface area (Å²) in [5.41, 5.74) is -0.237. The maximum Gasteiger partial charge on any atom is 0.343 e. The lowest BCUT2D eigenvalue weighted by atomic mass is 10.1. The number of nitrogens with one attached hydrogen (secondary N) is 2. The van der Waals surface area contributed by atoms with E-state index in [1.165, 1.54) is 4.57 Å². The molecule has 0 saturated heterocycles. The zero-order chi connectivity index (χ0) is 14.4. The summed E-state index contributed by atoms with van der Waals surface area (Å²) >= 11 is 0. The van der Waals surface area contributed by atoms with E-state index < -0.39 is 0 Å². The Hall–Kier alpha value is -1.63. The number of rotatable bonds is 7. The Morgan fingerprint density at radius 2 is 2.26 bits per heavy atom. The molecule has 0 aliphatic heterocycles. The van der Waals surface area contributed by atoms with E-state index in [1.807, 2.05) is 14.0 Å². The Labute approximate surface area is 113 Å². The van der Waals surface area contributed by atoms with Gasteiger partial charge in [-0.25, -0.2) is 9.89 Å². The molecule has 1 atom stereocenters. The SMILES string of the molecule is CCN(C)C[C@H](C)C(=O)NCCc1n[nH]c(=O)n1C. The van der Waals surface area contributed by atoms with E-state index in [4.69, 9.17) is 0 Å². The Balaban J connectivity index is 2.34. The van der Waals surface area contributed by atoms with Crippen LogP contribution in [0.1, 0.15) is 19.7 Å². The van der Waals surface area contributed by atoms with E-state index in [0.29, 0.717) is 18.8 Å². The Morgan fingerprint density at radius 1 is 1.58 bits per heavy atom. The molecule has 0 spiro atoms. The topological polar surface area (TPSA) is 83.0 Å². The molecular formula is C12H23N5O2. The largest absolute Gasteiger partial charge is 0.355 e. The zero-order valence-electron chi connectivity index (χ0n) is 12.1. The van der Waals surface area contributed by atoms with Crippen molar-refractivity contribution in [3.05, 3.63) is 16.3 Å². The van der Waals surface area contributed by atoms with Crippen molar-refractivity contribution < 1.29 is 4.79 Å². The van der Waals surface area contributed by atoms with Gasteiger partial charge in [0.25, 0.3) is 0 Å². The summed E-state index contributed by atoms with van der Waals surface area (Å²) in [6.07, 6.45) is 0.539. The number of aromatic nitrogens is 3. The van der Waals surface area contributed by atoms with Crippen LogP contribution >= 0.6 is 0 Å². The number of hydrogen-bond acceptors (Lipinski definition) is 4. The first-order chi connectivity index (χ1) is 8.95. The standard InChI is InChI=1S/C12H23N5O2/c1-5-16(3)8-9(2)11(18)13-7-6-10-14-15-12(19)17(10)4/h9H,5-8H2,1-4H3,(H,13,18)(H,15,19)/t9-/m0/s1. The van der Waals surface area contributed by atoms with E-state index in [1.54, 1.807) is 7.05 Å². The van der Waals surface area contributed by atoms with Gasteiger partial charge < -0.3 is 10.2 Å². The number of amides is 1. The molecule has 7 nitrogen and oxygen atoms in total. The van der Waals surface area contributed by atoms with Gasteiger partial charge in [0.2, 0.25) is 5.91 Å². The van der Waals surface area contributed by atoms with E-state index in [-0.39, 0.29) is 17.5 Å². The van der Waals surface area contributed by atoms with E-state index in [2.05, 4.69) is 27.3 Å². The highest BCUT2D eigenvalue weighted by Gasteiger charge is 2.14. The molecule has 0 aliphatic carbocycles. The molecule has 0 aromatic carbocycles. The average molecular weight is 269 g/mol. The van der Waals surface area contributed by atoms with Crippen LogP contribution in [-0.2, 0) is 18.3 Å². The number of H-pyrrole nitrogens is 1. The third kappa shape index (κ3) is 4.51. The minimum Gasteiger partial charge on any atom is -0.355 e. The lowest BCUT2D eigenvalue weighted by Crippen LogP contribution is -2.37. The molecule has 1 heterocycles. The van der Waals surface area contributed by atoms with E-state index >= 15 is 0 Å². The van der Waals surface area contributed by atoms with E-state index in [0.717, 1.165) is 13.1 Å². The Morgan fingerprint density at radius 3 is 2.79 bits per heavy atom. The van der Waals surface area contributed by atoms with Crippen LogP contribution in [0.4, 0.5) is 0 Å². The summed E-state index contributed by atoms with van der Waals surface area (Å²) in [5, 5.41) is 9.12. The lowest BCUT2D eigenvalue weighted by Gasteiger charge is -2.19. The summed E-state index contributed by atoms with van der Waals surface area (Å²) in [5.74, 6) is 0.623. The van der Waals surface area contributed by atoms with Crippen LogP contribution in [0.3, 0.4) is 0 Å². The second-order valence-electron chi connectivity index (χ2n) is 4.80. The molecule has 1 aromatic heterocycles. The quantitative estimate of drug-likeness (QED) is 0.689. The third-order valence-electron chi connectivity index (χ3n) is 3.19. The number of carbonyl (C=O) groups excluding carboxylic acids is 1. The lowest BCUT2D eigenvalue weighted by molar-refractivity contribution is -0.124. The minimum absolute atomic E-state index is 0.0286. The molecule has 1 aromatic rings. The molecule has 0 fully saturated rings. The van der Waals surface area contributed by atoms with Crippen molar-refractivity contribution in [3.8, 4) is 0 Å². The maximum atomic E-state index is 11.8. The van der Waals surface area contributed by atoms with Gasteiger partial charge >= 0.3 is 5.69 Å². The Bertz CT molecular complexity index is 465. The number of nitrogens with zero attached hydrogens (tertiary/aromatic N) is 3. The number of aromatic amines is 1. The second kappa shape index (κ2) is 7.08. The predicted molar refractivity (Wildman–Crippen MR) is 72.9 cm³/mol. The zero-order valence-corrected chi connectivity index (χ0v) is 12.1. The number of hydrogen-bond donors (Lipinski definition) is 2. The maximum absolute atomic E-state index is 11.8. The van der Waals surface area contributed by atoms with Gasteiger partial charge in [0.15, 0.2) is 0 Å². The number of carbonyl (C=O) groups is 1. The molecule has 2 N–H and O–H groups in total. The highest BCUT2D eigenvalue weighted by molar-refractivity contribution is 5.78. The molecule has 7 heteroatoms. The summed E-state index contributed by atoms with van der Waals surface area (Å²) in [6, 6.07) is 0. The summed E-state index contributed by atoms with van der Waals surface area (Å²) in [7, 11) is 3.64. The van der Waals surface area contributed by atoms with Gasteiger partial charge in [-0.05, 0) is 13.6 Å². The average Bonchev–Trinajstić information content (AvgIpc) is 2.70. The minimum atomic E-state index is -0.237. The van der Waals surface area contributed by atoms with Crippen molar-refractivity contribution in [1.29, 1.82) is 0 Å². The first-order valence-corrected chi connectivity index (χ1v) is 6.52. The second-order valence-corrected chi connectivity index (χ2v) is 4.80. The molecular weight excluding hydrogens is 246 g/mol. The predicted octanol–water partition coefficient (Wildman–Crippen LogP) is -0.645. The molecule has 1 amide bonds. The van der Waals surface area contributed by atoms with Gasteiger partial charge in [0.05, 0.1) is 0 Å². The smallest absolute Gasteiger partial charge is 0.343 e. The fourth-order valence-corrected chi connectivity index (χ4v) is 1.75. The fourth-order valence-electron chi connectivity index (χ4n) is 1.75. The van der Waals surface area contributed by atoms with Crippen LogP contribution in [0, 0.1) is 5.92 Å². The molecule has 0 aliphatic rings. The van der Waals surface area contributed by atoms with Crippen LogP contribution in [0.25, 0.3) is 0 Å². The van der Waals surface area contributed by atoms with Gasteiger partial charge in [0.1, 0.15) is 5.82 Å². The first kappa shape index (κ1) is 15.4. The van der Waals surface area contributed by atoms with Crippen LogP contribution in [0.2, 0.25) is 0 Å². The van der Waals surface area contributed by atoms with Crippen molar-refractivity contribution in [2.24, 2.45) is 13.0 Å². The normalized spacial score (nSPS) is 12.7. The van der Waals surface area contributed by atoms with E-state index in [9.17, 15) is 9.59 Å². The molecule has 1 rings (SSSR count). The van der Waals surface area contributed by atoms with Crippen molar-refractivity contribution in [1.82, 2.24) is 25.0 Å². The highest BCUT2D eigenvalue weighted by atomic mass is 16.2. The molecule has 0 unspecified atom stereocenters. The molecule has 0 bridgehead atoms. The first-order valence-electron chi connectivity index (χ1n) is 6.52. The molecule has 19 heavy (non-hydrogen) atoms. The van der Waals surface area contributed by atoms with Crippen LogP contribution in [0.5, 0.6) is 0 Å². The molecule has 0 saturated carbocycles. The van der Waals surface area contributed by atoms with Gasteiger partial charge in [-0.3, -0.25) is 9.36 Å². The Kier molecular flexibility index (Phi) is 5.75. The van der Waals surface area contributed by atoms with Gasteiger partial charge in [-0.15, -0.1) is 0 Å². The van der Waals surface area contributed by atoms with Gasteiger partial charge in [-0.2, -0.15) is 5.10 Å². The summed E-state index contributed by atoms with van der Waals surface area (Å²) in [6.45, 7) is 6.11. The monoisotopic (exact) mass is 269 g/mol. The molecule has 108 valence electrons. The summed E-state index contributed by atoms with van der Waals surface area (Å²) < 4.78 is 1.44. The highest BCUT2D eigenvalue weighted by Crippen LogP contribution is 1.98. The summed E-state index contributed by atoms with van der Waals surface area (Å²) in [4.78, 5) is 25.1. The fraction of sp³-hybridized carbons (Fsp3) is 0.750. The molecule has 0 radical (unpaired) electrons. The van der Waals surface area contributed by atoms with Gasteiger partial charge in [0, 0.05) is 32.5 Å². The van der Waals surface area contributed by atoms with Crippen molar-refractivity contribution in [2.45, 2.75) is 20.3 Å². The van der Waals surface area contributed by atoms with Crippen LogP contribution in [0.15, 0.2) is 4.79 Å². The van der Waals surface area contributed by atoms with Crippen LogP contribution in [-0.4, -0.2) is 52.3 Å². The van der Waals surface area contributed by atoms with Crippen molar-refractivity contribution in [2.75, 3.05) is 26.7 Å². The van der Waals surface area contributed by atoms with Crippen molar-refractivity contribution in [3.63, 3.8) is 0 Å². The van der Waals surface area contributed by atoms with Gasteiger partial charge in [-0.1, -0.05) is 13.8 Å².